The summed E-state index contributed by atoms with van der Waals surface area (Å²) in [6.45, 7) is 2.83. The average Bonchev–Trinajstić information content (AvgIpc) is 2.99. The molecule has 2 aromatic carbocycles. The van der Waals surface area contributed by atoms with Crippen LogP contribution < -0.4 is 11.1 Å². The second kappa shape index (κ2) is 8.68. The molecule has 0 spiro atoms. The van der Waals surface area contributed by atoms with Crippen LogP contribution in [0.3, 0.4) is 0 Å². The lowest BCUT2D eigenvalue weighted by Crippen LogP contribution is -2.26. The molecular weight excluding hydrogens is 426 g/mol. The number of aromatic nitrogens is 2. The molecule has 0 saturated carbocycles. The van der Waals surface area contributed by atoms with Crippen molar-refractivity contribution >= 4 is 21.7 Å². The highest BCUT2D eigenvalue weighted by Crippen LogP contribution is 2.29. The first-order chi connectivity index (χ1) is 15.3. The molecule has 4 rings (SSSR count). The first-order valence-corrected chi connectivity index (χ1v) is 11.9. The van der Waals surface area contributed by atoms with Gasteiger partial charge in [-0.2, -0.15) is 0 Å². The molecule has 3 N–H and O–H groups in total. The number of aryl methyl sites for hydroxylation is 1. The highest BCUT2D eigenvalue weighted by molar-refractivity contribution is 7.89. The number of hydrogen-bond donors (Lipinski definition) is 2. The second-order valence-corrected chi connectivity index (χ2v) is 9.71. The van der Waals surface area contributed by atoms with Gasteiger partial charge in [0, 0.05) is 36.8 Å². The van der Waals surface area contributed by atoms with E-state index in [2.05, 4.69) is 10.3 Å². The predicted octanol–water partition coefficient (Wildman–Crippen LogP) is 2.71. The van der Waals surface area contributed by atoms with Crippen molar-refractivity contribution in [1.29, 1.82) is 0 Å². The van der Waals surface area contributed by atoms with Crippen LogP contribution in [0.5, 0.6) is 0 Å². The summed E-state index contributed by atoms with van der Waals surface area (Å²) in [5.74, 6) is 0.219. The number of benzene rings is 2. The highest BCUT2D eigenvalue weighted by Gasteiger charge is 2.20. The van der Waals surface area contributed by atoms with E-state index in [1.165, 1.54) is 4.31 Å². The summed E-state index contributed by atoms with van der Waals surface area (Å²) in [7, 11) is -1.97. The van der Waals surface area contributed by atoms with Crippen LogP contribution in [0.4, 0.5) is 5.82 Å². The summed E-state index contributed by atoms with van der Waals surface area (Å²) in [6.07, 6.45) is 3.22. The quantitative estimate of drug-likeness (QED) is 0.616. The number of rotatable bonds is 5. The molecule has 8 nitrogen and oxygen atoms in total. The molecule has 0 unspecified atom stereocenters. The van der Waals surface area contributed by atoms with Crippen LogP contribution in [0.25, 0.3) is 22.5 Å². The zero-order chi connectivity index (χ0) is 22.9. The number of nitrogens with two attached hydrogens (primary N) is 1. The van der Waals surface area contributed by atoms with Gasteiger partial charge in [-0.25, -0.2) is 22.7 Å². The number of amides is 1. The number of sulfonamides is 1. The van der Waals surface area contributed by atoms with E-state index in [0.717, 1.165) is 29.5 Å². The van der Waals surface area contributed by atoms with Gasteiger partial charge in [-0.1, -0.05) is 25.1 Å². The molecule has 166 valence electrons. The summed E-state index contributed by atoms with van der Waals surface area (Å²) < 4.78 is 26.3. The van der Waals surface area contributed by atoms with Crippen molar-refractivity contribution in [3.05, 3.63) is 59.8 Å². The van der Waals surface area contributed by atoms with Crippen LogP contribution in [0, 0.1) is 0 Å². The van der Waals surface area contributed by atoms with Crippen molar-refractivity contribution in [3.63, 3.8) is 0 Å². The molecule has 1 amide bonds. The predicted molar refractivity (Wildman–Crippen MR) is 123 cm³/mol. The van der Waals surface area contributed by atoms with Gasteiger partial charge in [0.15, 0.2) is 0 Å². The Bertz CT molecular complexity index is 1270. The molecule has 9 heteroatoms. The van der Waals surface area contributed by atoms with Gasteiger partial charge in [0.2, 0.25) is 10.0 Å². The zero-order valence-electron chi connectivity index (χ0n) is 18.0. The van der Waals surface area contributed by atoms with Crippen LogP contribution in [0.2, 0.25) is 0 Å². The lowest BCUT2D eigenvalue weighted by molar-refractivity contribution is 0.0956. The van der Waals surface area contributed by atoms with Gasteiger partial charge >= 0.3 is 0 Å². The van der Waals surface area contributed by atoms with Crippen LogP contribution in [-0.2, 0) is 16.4 Å². The standard InChI is InChI=1S/C23H25N5O3S/c1-3-28(2)32(30,31)18-9-6-15(7-10-18)20-14-26-22(24)21(27-20)17-8-11-19-16(13-17)5-4-12-25-23(19)29/h6-11,13-14H,3-5,12H2,1-2H3,(H2,24,26)(H,25,29). The molecule has 2 heterocycles. The molecule has 0 bridgehead atoms. The van der Waals surface area contributed by atoms with Crippen molar-refractivity contribution in [2.75, 3.05) is 25.9 Å². The number of fused-ring (bicyclic) bond motifs is 1. The van der Waals surface area contributed by atoms with Crippen molar-refractivity contribution < 1.29 is 13.2 Å². The number of nitrogens with zero attached hydrogens (tertiary/aromatic N) is 3. The topological polar surface area (TPSA) is 118 Å². The summed E-state index contributed by atoms with van der Waals surface area (Å²) in [4.78, 5) is 21.4. The second-order valence-electron chi connectivity index (χ2n) is 7.66. The van der Waals surface area contributed by atoms with E-state index in [4.69, 9.17) is 10.7 Å². The zero-order valence-corrected chi connectivity index (χ0v) is 18.8. The molecule has 0 atom stereocenters. The fourth-order valence-electron chi connectivity index (χ4n) is 3.64. The van der Waals surface area contributed by atoms with E-state index < -0.39 is 10.0 Å². The van der Waals surface area contributed by atoms with E-state index in [1.54, 1.807) is 50.5 Å². The Morgan fingerprint density at radius 2 is 1.84 bits per heavy atom. The lowest BCUT2D eigenvalue weighted by atomic mass is 9.99. The third-order valence-electron chi connectivity index (χ3n) is 5.64. The van der Waals surface area contributed by atoms with Gasteiger partial charge in [-0.15, -0.1) is 0 Å². The molecule has 32 heavy (non-hydrogen) atoms. The number of carbonyl (C=O) groups excluding carboxylic acids is 1. The van der Waals surface area contributed by atoms with Crippen molar-refractivity contribution in [2.45, 2.75) is 24.7 Å². The Kier molecular flexibility index (Phi) is 5.94. The first kappa shape index (κ1) is 21.9. The number of carbonyl (C=O) groups is 1. The molecule has 0 radical (unpaired) electrons. The fourth-order valence-corrected chi connectivity index (χ4v) is 4.82. The summed E-state index contributed by atoms with van der Waals surface area (Å²) in [6, 6.07) is 12.1. The highest BCUT2D eigenvalue weighted by atomic mass is 32.2. The Morgan fingerprint density at radius 1 is 1.12 bits per heavy atom. The minimum absolute atomic E-state index is 0.0689. The Labute approximate surface area is 187 Å². The third-order valence-corrected chi connectivity index (χ3v) is 7.58. The van der Waals surface area contributed by atoms with Gasteiger partial charge in [0.1, 0.15) is 11.5 Å². The van der Waals surface area contributed by atoms with Gasteiger partial charge in [-0.05, 0) is 42.7 Å². The van der Waals surface area contributed by atoms with E-state index >= 15 is 0 Å². The molecule has 1 aromatic heterocycles. The van der Waals surface area contributed by atoms with Crippen molar-refractivity contribution in [3.8, 4) is 22.5 Å². The SMILES string of the molecule is CCN(C)S(=O)(=O)c1ccc(-c2cnc(N)c(-c3ccc4c(c3)CCCNC4=O)n2)cc1. The average molecular weight is 452 g/mol. The largest absolute Gasteiger partial charge is 0.382 e. The maximum Gasteiger partial charge on any atom is 0.251 e. The molecule has 1 aliphatic heterocycles. The Hall–Kier alpha value is -3.30. The number of hydrogen-bond acceptors (Lipinski definition) is 6. The van der Waals surface area contributed by atoms with Crippen LogP contribution in [-0.4, -0.2) is 48.7 Å². The molecule has 0 fully saturated rings. The summed E-state index contributed by atoms with van der Waals surface area (Å²) >= 11 is 0. The van der Waals surface area contributed by atoms with Crippen LogP contribution in [0.15, 0.2) is 53.6 Å². The maximum absolute atomic E-state index is 12.5. The minimum Gasteiger partial charge on any atom is -0.382 e. The molecule has 0 aliphatic carbocycles. The van der Waals surface area contributed by atoms with Crippen LogP contribution in [0.1, 0.15) is 29.3 Å². The van der Waals surface area contributed by atoms with E-state index in [0.29, 0.717) is 30.0 Å². The molecule has 0 saturated heterocycles. The summed E-state index contributed by atoms with van der Waals surface area (Å²) in [5, 5.41) is 2.89. The van der Waals surface area contributed by atoms with Gasteiger partial charge in [0.25, 0.3) is 5.91 Å². The Balaban J connectivity index is 1.70. The van der Waals surface area contributed by atoms with Gasteiger partial charge in [0.05, 0.1) is 16.8 Å². The number of nitrogens with one attached hydrogen (secondary N) is 1. The van der Waals surface area contributed by atoms with E-state index in [9.17, 15) is 13.2 Å². The van der Waals surface area contributed by atoms with Crippen molar-refractivity contribution in [2.24, 2.45) is 0 Å². The lowest BCUT2D eigenvalue weighted by Gasteiger charge is -2.15. The Morgan fingerprint density at radius 3 is 2.56 bits per heavy atom. The maximum atomic E-state index is 12.5. The number of anilines is 1. The molecule has 1 aliphatic rings. The molecular formula is C23H25N5O3S. The van der Waals surface area contributed by atoms with Gasteiger partial charge < -0.3 is 11.1 Å². The van der Waals surface area contributed by atoms with E-state index in [-0.39, 0.29) is 16.6 Å². The smallest absolute Gasteiger partial charge is 0.251 e. The minimum atomic E-state index is -3.52. The van der Waals surface area contributed by atoms with E-state index in [1.807, 2.05) is 12.1 Å². The van der Waals surface area contributed by atoms with Crippen molar-refractivity contribution in [1.82, 2.24) is 19.6 Å². The third kappa shape index (κ3) is 4.09. The monoisotopic (exact) mass is 451 g/mol. The van der Waals surface area contributed by atoms with Crippen LogP contribution >= 0.6 is 0 Å². The molecule has 3 aromatic rings. The number of nitrogen functional groups attached to an aromatic ring is 1. The summed E-state index contributed by atoms with van der Waals surface area (Å²) in [5.41, 5.74) is 10.4. The first-order valence-electron chi connectivity index (χ1n) is 10.4. The van der Waals surface area contributed by atoms with Gasteiger partial charge in [-0.3, -0.25) is 4.79 Å². The fraction of sp³-hybridized carbons (Fsp3) is 0.261. The normalized spacial score (nSPS) is 14.0.